The van der Waals surface area contributed by atoms with Crippen LogP contribution >= 0.6 is 0 Å². The first kappa shape index (κ1) is 41.2. The van der Waals surface area contributed by atoms with E-state index in [-0.39, 0.29) is 56.8 Å². The number of hydrogen-bond donors (Lipinski definition) is 0. The van der Waals surface area contributed by atoms with Crippen LogP contribution in [0.3, 0.4) is 0 Å². The molecule has 0 aromatic heterocycles. The molecule has 0 N–H and O–H groups in total. The second-order valence-electron chi connectivity index (χ2n) is 11.6. The third-order valence-electron chi connectivity index (χ3n) is 7.32. The molecule has 0 unspecified atom stereocenters. The molecule has 0 atom stereocenters. The van der Waals surface area contributed by atoms with E-state index in [1.165, 1.54) is 57.8 Å². The lowest BCUT2D eigenvalue weighted by molar-refractivity contribution is -0.708. The Morgan fingerprint density at radius 1 is 0.400 bits per heavy atom. The summed E-state index contributed by atoms with van der Waals surface area (Å²) in [5, 5.41) is 3.20. The van der Waals surface area contributed by atoms with Crippen molar-refractivity contribution in [3.63, 3.8) is 0 Å². The average molecular weight is 646 g/mol. The van der Waals surface area contributed by atoms with Crippen molar-refractivity contribution in [2.75, 3.05) is 39.5 Å². The van der Waals surface area contributed by atoms with E-state index in [9.17, 15) is 14.4 Å². The predicted octanol–water partition coefficient (Wildman–Crippen LogP) is 7.33. The number of carbonyl (C=O) groups is 3. The van der Waals surface area contributed by atoms with Gasteiger partial charge in [-0.2, -0.15) is 14.8 Å². The van der Waals surface area contributed by atoms with Gasteiger partial charge in [-0.15, -0.1) is 0 Å². The van der Waals surface area contributed by atoms with Crippen molar-refractivity contribution in [3.05, 3.63) is 0 Å². The highest BCUT2D eigenvalue weighted by Crippen LogP contribution is 2.15. The summed E-state index contributed by atoms with van der Waals surface area (Å²) in [7, 11) is 0. The number of hydroxylamine groups is 6. The van der Waals surface area contributed by atoms with E-state index in [0.717, 1.165) is 73.5 Å². The van der Waals surface area contributed by atoms with Crippen LogP contribution < -0.4 is 0 Å². The van der Waals surface area contributed by atoms with Crippen molar-refractivity contribution < 1.29 is 43.4 Å². The Labute approximate surface area is 272 Å². The van der Waals surface area contributed by atoms with Crippen LogP contribution in [0.1, 0.15) is 156 Å². The summed E-state index contributed by atoms with van der Waals surface area (Å²) in [6, 6.07) is 0. The smallest absolute Gasteiger partial charge is 0.307 e. The molecular weight excluding hydrogens is 582 g/mol. The maximum Gasteiger partial charge on any atom is 0.307 e. The van der Waals surface area contributed by atoms with Gasteiger partial charge in [0.15, 0.2) is 0 Å². The van der Waals surface area contributed by atoms with E-state index < -0.39 is 0 Å². The average Bonchev–Trinajstić information content (AvgIpc) is 3.04. The molecule has 1 aliphatic rings. The first-order chi connectivity index (χ1) is 22.0. The molecule has 1 aliphatic heterocycles. The largest absolute Gasteiger partial charge is 0.466 e. The van der Waals surface area contributed by atoms with Crippen LogP contribution in [0.2, 0.25) is 0 Å². The molecule has 12 nitrogen and oxygen atoms in total. The van der Waals surface area contributed by atoms with Gasteiger partial charge in [0.05, 0.1) is 58.7 Å². The topological polar surface area (TPSA) is 116 Å². The summed E-state index contributed by atoms with van der Waals surface area (Å²) in [6.45, 7) is 7.85. The minimum atomic E-state index is -0.364. The summed E-state index contributed by atoms with van der Waals surface area (Å²) >= 11 is 0. The summed E-state index contributed by atoms with van der Waals surface area (Å²) in [5.41, 5.74) is 0. The van der Waals surface area contributed by atoms with Crippen LogP contribution in [0.5, 0.6) is 0 Å². The molecule has 264 valence electrons. The normalized spacial score (nSPS) is 14.5. The molecule has 0 spiro atoms. The van der Waals surface area contributed by atoms with Gasteiger partial charge in [-0.3, -0.25) is 14.4 Å². The zero-order chi connectivity index (χ0) is 32.8. The van der Waals surface area contributed by atoms with Crippen molar-refractivity contribution in [1.29, 1.82) is 0 Å². The Morgan fingerprint density at radius 3 is 0.911 bits per heavy atom. The number of ether oxygens (including phenoxy) is 3. The Morgan fingerprint density at radius 2 is 0.644 bits per heavy atom. The van der Waals surface area contributed by atoms with Crippen LogP contribution in [-0.2, 0) is 43.4 Å². The maximum atomic E-state index is 12.3. The van der Waals surface area contributed by atoms with Gasteiger partial charge in [0, 0.05) is 0 Å². The van der Waals surface area contributed by atoms with Crippen LogP contribution in [0.25, 0.3) is 0 Å². The number of nitrogens with zero attached hydrogens (tertiary/aromatic N) is 3. The molecule has 1 heterocycles. The summed E-state index contributed by atoms with van der Waals surface area (Å²) in [5.74, 6) is -1.09. The second-order valence-corrected chi connectivity index (χ2v) is 11.6. The van der Waals surface area contributed by atoms with Crippen molar-refractivity contribution in [1.82, 2.24) is 15.7 Å². The van der Waals surface area contributed by atoms with E-state index in [4.69, 9.17) is 29.0 Å². The highest BCUT2D eigenvalue weighted by molar-refractivity contribution is 5.70. The fourth-order valence-electron chi connectivity index (χ4n) is 4.56. The van der Waals surface area contributed by atoms with E-state index in [0.29, 0.717) is 19.8 Å². The predicted molar refractivity (Wildman–Crippen MR) is 170 cm³/mol. The number of esters is 3. The summed E-state index contributed by atoms with van der Waals surface area (Å²) < 4.78 is 16.0. The molecule has 0 bridgehead atoms. The zero-order valence-electron chi connectivity index (χ0n) is 28.6. The minimum absolute atomic E-state index is 0.0259. The van der Waals surface area contributed by atoms with E-state index in [2.05, 4.69) is 20.8 Å². The van der Waals surface area contributed by atoms with Gasteiger partial charge in [0.1, 0.15) is 0 Å². The molecule has 0 radical (unpaired) electrons. The lowest BCUT2D eigenvalue weighted by Gasteiger charge is -2.36. The molecular formula is C33H63N3O9. The molecule has 1 rings (SSSR count). The second kappa shape index (κ2) is 29.6. The monoisotopic (exact) mass is 645 g/mol. The third-order valence-corrected chi connectivity index (χ3v) is 7.32. The quantitative estimate of drug-likeness (QED) is 0.0442. The molecule has 45 heavy (non-hydrogen) atoms. The highest BCUT2D eigenvalue weighted by atomic mass is 17.3. The molecule has 0 amide bonds. The van der Waals surface area contributed by atoms with E-state index >= 15 is 0 Å². The molecule has 0 saturated carbocycles. The number of carbonyl (C=O) groups excluding carboxylic acids is 3. The van der Waals surface area contributed by atoms with Gasteiger partial charge in [0.25, 0.3) is 0 Å². The van der Waals surface area contributed by atoms with Crippen LogP contribution in [0, 0.1) is 0 Å². The van der Waals surface area contributed by atoms with Crippen molar-refractivity contribution in [3.8, 4) is 0 Å². The minimum Gasteiger partial charge on any atom is -0.466 e. The first-order valence-corrected chi connectivity index (χ1v) is 17.8. The van der Waals surface area contributed by atoms with Gasteiger partial charge in [-0.05, 0) is 34.9 Å². The zero-order valence-corrected chi connectivity index (χ0v) is 28.6. The molecule has 1 fully saturated rings. The first-order valence-electron chi connectivity index (χ1n) is 17.8. The Kier molecular flexibility index (Phi) is 27.1. The number of rotatable bonds is 30. The van der Waals surface area contributed by atoms with Gasteiger partial charge in [0.2, 0.25) is 0 Å². The maximum absolute atomic E-state index is 12.3. The molecule has 1 saturated heterocycles. The number of unbranched alkanes of at least 4 members (excludes halogenated alkanes) is 15. The lowest BCUT2D eigenvalue weighted by Crippen LogP contribution is -2.51. The Balaban J connectivity index is 2.44. The van der Waals surface area contributed by atoms with E-state index in [1.54, 1.807) is 0 Å². The standard InChI is InChI=1S/C33H63N3O9/c1-4-7-10-13-16-19-28-40-31(37)22-25-34-43-35(26-23-32(38)41-29-20-17-14-11-8-5-2)45-36(44-34)27-24-33(39)42-30-21-18-15-12-9-6-3/h4-30H2,1-3H3. The summed E-state index contributed by atoms with van der Waals surface area (Å²) in [4.78, 5) is 53.5. The van der Waals surface area contributed by atoms with Gasteiger partial charge < -0.3 is 14.2 Å². The van der Waals surface area contributed by atoms with Gasteiger partial charge in [-0.25, -0.2) is 0 Å². The fourth-order valence-corrected chi connectivity index (χ4v) is 4.56. The third kappa shape index (κ3) is 25.0. The summed E-state index contributed by atoms with van der Waals surface area (Å²) in [6.07, 6.45) is 20.0. The lowest BCUT2D eigenvalue weighted by atomic mass is 10.1. The van der Waals surface area contributed by atoms with Crippen molar-refractivity contribution in [2.24, 2.45) is 0 Å². The SMILES string of the molecule is CCCCCCCCOC(=O)CCN1ON(CCC(=O)OCCCCCCCC)ON(CCC(=O)OCCCCCCCC)O1. The van der Waals surface area contributed by atoms with Crippen LogP contribution in [-0.4, -0.2) is 73.0 Å². The Hall–Kier alpha value is -1.83. The van der Waals surface area contributed by atoms with E-state index in [1.807, 2.05) is 0 Å². The number of hydrogen-bond acceptors (Lipinski definition) is 12. The molecule has 0 aromatic carbocycles. The fraction of sp³-hybridized carbons (Fsp3) is 0.909. The van der Waals surface area contributed by atoms with Crippen molar-refractivity contribution >= 4 is 17.9 Å². The van der Waals surface area contributed by atoms with Crippen LogP contribution in [0.15, 0.2) is 0 Å². The molecule has 12 heteroatoms. The molecule has 0 aromatic rings. The van der Waals surface area contributed by atoms with Gasteiger partial charge in [-0.1, -0.05) is 117 Å². The molecule has 0 aliphatic carbocycles. The van der Waals surface area contributed by atoms with Crippen LogP contribution in [0.4, 0.5) is 0 Å². The van der Waals surface area contributed by atoms with Crippen molar-refractivity contribution in [2.45, 2.75) is 156 Å². The highest BCUT2D eigenvalue weighted by Gasteiger charge is 2.29. The Bertz CT molecular complexity index is 643. The van der Waals surface area contributed by atoms with Gasteiger partial charge >= 0.3 is 17.9 Å².